The molecular weight excluding hydrogens is 248 g/mol. The fraction of sp³-hybridized carbons (Fsp3) is 0.500. The number of rotatable bonds is 5. The van der Waals surface area contributed by atoms with E-state index in [1.165, 1.54) is 0 Å². The van der Waals surface area contributed by atoms with Crippen molar-refractivity contribution in [3.8, 4) is 0 Å². The van der Waals surface area contributed by atoms with Gasteiger partial charge in [0.05, 0.1) is 5.02 Å². The van der Waals surface area contributed by atoms with Gasteiger partial charge in [-0.25, -0.2) is 4.39 Å². The molecule has 4 heteroatoms. The van der Waals surface area contributed by atoms with E-state index < -0.39 is 0 Å². The minimum Gasteiger partial charge on any atom is -0.310 e. The van der Waals surface area contributed by atoms with Gasteiger partial charge in [-0.15, -0.1) is 11.6 Å². The molecule has 0 aromatic heterocycles. The summed E-state index contributed by atoms with van der Waals surface area (Å²) in [7, 11) is 0. The van der Waals surface area contributed by atoms with Crippen molar-refractivity contribution in [2.24, 2.45) is 5.92 Å². The van der Waals surface area contributed by atoms with Crippen LogP contribution in [0, 0.1) is 11.7 Å². The maximum atomic E-state index is 13.5. The Morgan fingerprint density at radius 3 is 2.69 bits per heavy atom. The summed E-state index contributed by atoms with van der Waals surface area (Å²) in [5, 5.41) is 3.40. The second-order valence-corrected chi connectivity index (χ2v) is 4.73. The highest BCUT2D eigenvalue weighted by Gasteiger charge is 2.12. The van der Waals surface area contributed by atoms with Crippen LogP contribution >= 0.6 is 23.2 Å². The zero-order chi connectivity index (χ0) is 12.1. The van der Waals surface area contributed by atoms with Gasteiger partial charge in [-0.1, -0.05) is 30.7 Å². The van der Waals surface area contributed by atoms with E-state index in [-0.39, 0.29) is 16.9 Å². The van der Waals surface area contributed by atoms with Crippen LogP contribution in [0.1, 0.15) is 19.4 Å². The summed E-state index contributed by atoms with van der Waals surface area (Å²) >= 11 is 11.4. The van der Waals surface area contributed by atoms with Crippen molar-refractivity contribution in [3.05, 3.63) is 34.6 Å². The third-order valence-corrected chi connectivity index (χ3v) is 3.52. The van der Waals surface area contributed by atoms with Gasteiger partial charge in [0.25, 0.3) is 0 Å². The lowest BCUT2D eigenvalue weighted by Gasteiger charge is -2.19. The van der Waals surface area contributed by atoms with Crippen LogP contribution in [0.3, 0.4) is 0 Å². The summed E-state index contributed by atoms with van der Waals surface area (Å²) in [6.07, 6.45) is 0. The van der Waals surface area contributed by atoms with Crippen LogP contribution in [0.4, 0.5) is 4.39 Å². The minimum atomic E-state index is -0.345. The van der Waals surface area contributed by atoms with Crippen LogP contribution in [-0.4, -0.2) is 11.9 Å². The van der Waals surface area contributed by atoms with Crippen molar-refractivity contribution in [3.63, 3.8) is 0 Å². The molecule has 0 fully saturated rings. The largest absolute Gasteiger partial charge is 0.310 e. The maximum absolute atomic E-state index is 13.5. The highest BCUT2D eigenvalue weighted by Crippen LogP contribution is 2.18. The van der Waals surface area contributed by atoms with Crippen molar-refractivity contribution in [2.45, 2.75) is 26.4 Å². The number of alkyl halides is 1. The Labute approximate surface area is 106 Å². The predicted octanol–water partition coefficient (Wildman–Crippen LogP) is 3.83. The van der Waals surface area contributed by atoms with Gasteiger partial charge in [0.2, 0.25) is 0 Å². The molecule has 1 N–H and O–H groups in total. The van der Waals surface area contributed by atoms with Crippen LogP contribution < -0.4 is 5.32 Å². The molecule has 0 spiro atoms. The van der Waals surface area contributed by atoms with E-state index in [2.05, 4.69) is 12.2 Å². The number of benzene rings is 1. The van der Waals surface area contributed by atoms with E-state index in [1.807, 2.05) is 6.92 Å². The lowest BCUT2D eigenvalue weighted by atomic mass is 10.1. The van der Waals surface area contributed by atoms with Gasteiger partial charge in [0.1, 0.15) is 5.82 Å². The molecule has 0 heterocycles. The zero-order valence-electron chi connectivity index (χ0n) is 9.43. The summed E-state index contributed by atoms with van der Waals surface area (Å²) < 4.78 is 13.5. The number of halogens is 3. The third kappa shape index (κ3) is 3.62. The highest BCUT2D eigenvalue weighted by atomic mass is 35.5. The van der Waals surface area contributed by atoms with E-state index >= 15 is 0 Å². The highest BCUT2D eigenvalue weighted by molar-refractivity contribution is 6.30. The van der Waals surface area contributed by atoms with Gasteiger partial charge in [-0.05, 0) is 18.9 Å². The molecule has 0 saturated heterocycles. The van der Waals surface area contributed by atoms with E-state index in [0.29, 0.717) is 23.9 Å². The maximum Gasteiger partial charge on any atom is 0.146 e. The van der Waals surface area contributed by atoms with E-state index in [1.54, 1.807) is 18.2 Å². The van der Waals surface area contributed by atoms with Gasteiger partial charge < -0.3 is 5.32 Å². The van der Waals surface area contributed by atoms with Crippen molar-refractivity contribution in [1.82, 2.24) is 5.32 Å². The Morgan fingerprint density at radius 1 is 1.38 bits per heavy atom. The molecule has 16 heavy (non-hydrogen) atoms. The first-order valence-electron chi connectivity index (χ1n) is 5.28. The summed E-state index contributed by atoms with van der Waals surface area (Å²) in [5.74, 6) is 0.595. The molecule has 0 aliphatic carbocycles. The molecule has 0 radical (unpaired) electrons. The first-order chi connectivity index (χ1) is 7.56. The van der Waals surface area contributed by atoms with Gasteiger partial charge in [0.15, 0.2) is 0 Å². The average molecular weight is 264 g/mol. The lowest BCUT2D eigenvalue weighted by Crippen LogP contribution is -2.32. The smallest absolute Gasteiger partial charge is 0.146 e. The molecule has 2 atom stereocenters. The Bertz CT molecular complexity index is 344. The van der Waals surface area contributed by atoms with Crippen LogP contribution in [0.15, 0.2) is 18.2 Å². The Kier molecular flexibility index (Phi) is 5.53. The Hall–Kier alpha value is -0.310. The molecule has 2 unspecified atom stereocenters. The van der Waals surface area contributed by atoms with Crippen LogP contribution in [-0.2, 0) is 6.54 Å². The molecule has 0 saturated carbocycles. The van der Waals surface area contributed by atoms with E-state index in [9.17, 15) is 4.39 Å². The van der Waals surface area contributed by atoms with Crippen molar-refractivity contribution < 1.29 is 4.39 Å². The second kappa shape index (κ2) is 6.43. The molecule has 1 nitrogen and oxygen atoms in total. The van der Waals surface area contributed by atoms with Gasteiger partial charge >= 0.3 is 0 Å². The molecule has 0 aliphatic heterocycles. The third-order valence-electron chi connectivity index (χ3n) is 2.74. The first kappa shape index (κ1) is 13.8. The standard InChI is InChI=1S/C12H16Cl2FN/c1-8(6-13)9(2)16-7-10-4-3-5-11(14)12(10)15/h3-5,8-9,16H,6-7H2,1-2H3. The fourth-order valence-electron chi connectivity index (χ4n) is 1.29. The summed E-state index contributed by atoms with van der Waals surface area (Å²) in [5.41, 5.74) is 0.584. The van der Waals surface area contributed by atoms with Gasteiger partial charge in [-0.3, -0.25) is 0 Å². The van der Waals surface area contributed by atoms with Crippen LogP contribution in [0.5, 0.6) is 0 Å². The molecule has 1 aromatic carbocycles. The summed E-state index contributed by atoms with van der Waals surface area (Å²) in [4.78, 5) is 0. The lowest BCUT2D eigenvalue weighted by molar-refractivity contribution is 0.425. The van der Waals surface area contributed by atoms with Gasteiger partial charge in [0, 0.05) is 24.0 Å². The Morgan fingerprint density at radius 2 is 2.06 bits per heavy atom. The SMILES string of the molecule is CC(CCl)C(C)NCc1cccc(Cl)c1F. The molecule has 90 valence electrons. The average Bonchev–Trinajstić information content (AvgIpc) is 2.29. The van der Waals surface area contributed by atoms with Crippen molar-refractivity contribution in [1.29, 1.82) is 0 Å². The Balaban J connectivity index is 2.58. The fourth-order valence-corrected chi connectivity index (χ4v) is 1.75. The minimum absolute atomic E-state index is 0.164. The summed E-state index contributed by atoms with van der Waals surface area (Å²) in [6.45, 7) is 4.56. The number of hydrogen-bond acceptors (Lipinski definition) is 1. The van der Waals surface area contributed by atoms with Crippen molar-refractivity contribution in [2.75, 3.05) is 5.88 Å². The van der Waals surface area contributed by atoms with E-state index in [0.717, 1.165) is 0 Å². The zero-order valence-corrected chi connectivity index (χ0v) is 10.9. The monoisotopic (exact) mass is 263 g/mol. The topological polar surface area (TPSA) is 12.0 Å². The van der Waals surface area contributed by atoms with Crippen LogP contribution in [0.25, 0.3) is 0 Å². The first-order valence-corrected chi connectivity index (χ1v) is 6.19. The van der Waals surface area contributed by atoms with Crippen molar-refractivity contribution >= 4 is 23.2 Å². The molecule has 1 aromatic rings. The van der Waals surface area contributed by atoms with Gasteiger partial charge in [-0.2, -0.15) is 0 Å². The number of nitrogens with one attached hydrogen (secondary N) is 1. The van der Waals surface area contributed by atoms with E-state index in [4.69, 9.17) is 23.2 Å². The molecule has 0 aliphatic rings. The second-order valence-electron chi connectivity index (χ2n) is 4.01. The number of hydrogen-bond donors (Lipinski definition) is 1. The molecule has 0 amide bonds. The summed E-state index contributed by atoms with van der Waals surface area (Å²) in [6, 6.07) is 5.27. The normalized spacial score (nSPS) is 14.8. The van der Waals surface area contributed by atoms with Crippen LogP contribution in [0.2, 0.25) is 5.02 Å². The predicted molar refractivity (Wildman–Crippen MR) is 67.6 cm³/mol. The molecular formula is C12H16Cl2FN. The molecule has 1 rings (SSSR count). The molecule has 0 bridgehead atoms. The quantitative estimate of drug-likeness (QED) is 0.797.